The van der Waals surface area contributed by atoms with Crippen LogP contribution in [-0.2, 0) is 24.3 Å². The highest BCUT2D eigenvalue weighted by atomic mass is 16.5. The summed E-state index contributed by atoms with van der Waals surface area (Å²) < 4.78 is 10.4. The van der Waals surface area contributed by atoms with E-state index in [9.17, 15) is 0 Å². The minimum Gasteiger partial charge on any atom is -0.497 e. The third-order valence-electron chi connectivity index (χ3n) is 5.02. The van der Waals surface area contributed by atoms with Crippen LogP contribution in [0.4, 0.5) is 0 Å². The molecule has 0 radical (unpaired) electrons. The minimum atomic E-state index is 0.469. The van der Waals surface area contributed by atoms with Crippen LogP contribution in [0.5, 0.6) is 5.75 Å². The number of rotatable bonds is 8. The van der Waals surface area contributed by atoms with Crippen molar-refractivity contribution in [1.82, 2.24) is 14.9 Å². The maximum Gasteiger partial charge on any atom is 0.153 e. The standard InChI is InChI=1S/C21H29N3O2/c1-25-16-21-22-12-19(13-23-21)15-24-10-4-6-18(14-24)9-8-17-5-3-7-20(11-17)26-2/h3,5,7,11-13,18H,4,6,8-10,14-16H2,1-2H3. The van der Waals surface area contributed by atoms with Gasteiger partial charge in [-0.3, -0.25) is 4.90 Å². The smallest absolute Gasteiger partial charge is 0.153 e. The molecule has 1 atom stereocenters. The summed E-state index contributed by atoms with van der Waals surface area (Å²) in [4.78, 5) is 11.3. The van der Waals surface area contributed by atoms with Gasteiger partial charge in [-0.25, -0.2) is 9.97 Å². The molecule has 0 saturated carbocycles. The molecular weight excluding hydrogens is 326 g/mol. The van der Waals surface area contributed by atoms with Crippen molar-refractivity contribution in [3.63, 3.8) is 0 Å². The number of piperidine rings is 1. The Labute approximate surface area is 156 Å². The number of aromatic nitrogens is 2. The molecule has 1 aliphatic rings. The lowest BCUT2D eigenvalue weighted by atomic mass is 9.91. The lowest BCUT2D eigenvalue weighted by Crippen LogP contribution is -2.35. The number of ether oxygens (including phenoxy) is 2. The SMILES string of the molecule is COCc1ncc(CN2CCCC(CCc3cccc(OC)c3)C2)cn1. The van der Waals surface area contributed by atoms with Gasteiger partial charge in [0.15, 0.2) is 5.82 Å². The van der Waals surface area contributed by atoms with Gasteiger partial charge in [-0.1, -0.05) is 12.1 Å². The lowest BCUT2D eigenvalue weighted by molar-refractivity contribution is 0.161. The van der Waals surface area contributed by atoms with Crippen molar-refractivity contribution in [3.8, 4) is 5.75 Å². The number of nitrogens with zero attached hydrogens (tertiary/aromatic N) is 3. The van der Waals surface area contributed by atoms with E-state index in [0.717, 1.165) is 43.5 Å². The zero-order valence-corrected chi connectivity index (χ0v) is 15.9. The summed E-state index contributed by atoms with van der Waals surface area (Å²) in [5, 5.41) is 0. The maximum absolute atomic E-state index is 5.33. The van der Waals surface area contributed by atoms with E-state index in [1.54, 1.807) is 14.2 Å². The predicted molar refractivity (Wildman–Crippen MR) is 102 cm³/mol. The van der Waals surface area contributed by atoms with E-state index in [-0.39, 0.29) is 0 Å². The van der Waals surface area contributed by atoms with Crippen LogP contribution in [0, 0.1) is 5.92 Å². The number of hydrogen-bond acceptors (Lipinski definition) is 5. The van der Waals surface area contributed by atoms with Crippen LogP contribution in [0.25, 0.3) is 0 Å². The Hall–Kier alpha value is -1.98. The van der Waals surface area contributed by atoms with Gasteiger partial charge in [0.1, 0.15) is 12.4 Å². The summed E-state index contributed by atoms with van der Waals surface area (Å²) in [6, 6.07) is 8.43. The van der Waals surface area contributed by atoms with E-state index in [0.29, 0.717) is 6.61 Å². The molecule has 1 aromatic heterocycles. The first-order valence-electron chi connectivity index (χ1n) is 9.41. The van der Waals surface area contributed by atoms with Crippen molar-refractivity contribution in [2.75, 3.05) is 27.3 Å². The molecule has 1 saturated heterocycles. The summed E-state index contributed by atoms with van der Waals surface area (Å²) in [5.74, 6) is 2.44. The Morgan fingerprint density at radius 1 is 1.15 bits per heavy atom. The maximum atomic E-state index is 5.33. The van der Waals surface area contributed by atoms with Crippen LogP contribution in [0.2, 0.25) is 0 Å². The predicted octanol–water partition coefficient (Wildman–Crippen LogP) is 3.48. The van der Waals surface area contributed by atoms with E-state index < -0.39 is 0 Å². The molecule has 2 aromatic rings. The molecule has 1 aliphatic heterocycles. The van der Waals surface area contributed by atoms with Gasteiger partial charge in [-0.15, -0.1) is 0 Å². The van der Waals surface area contributed by atoms with Gasteiger partial charge in [-0.2, -0.15) is 0 Å². The van der Waals surface area contributed by atoms with Crippen LogP contribution in [0.3, 0.4) is 0 Å². The molecule has 0 spiro atoms. The third kappa shape index (κ3) is 5.51. The number of hydrogen-bond donors (Lipinski definition) is 0. The van der Waals surface area contributed by atoms with Gasteiger partial charge >= 0.3 is 0 Å². The fraction of sp³-hybridized carbons (Fsp3) is 0.524. The molecule has 0 aliphatic carbocycles. The van der Waals surface area contributed by atoms with Gasteiger partial charge in [0.25, 0.3) is 0 Å². The minimum absolute atomic E-state index is 0.469. The van der Waals surface area contributed by atoms with E-state index in [1.165, 1.54) is 30.4 Å². The average Bonchev–Trinajstić information content (AvgIpc) is 2.69. The van der Waals surface area contributed by atoms with Gasteiger partial charge in [0.2, 0.25) is 0 Å². The molecule has 2 heterocycles. The number of aryl methyl sites for hydroxylation is 1. The monoisotopic (exact) mass is 355 g/mol. The topological polar surface area (TPSA) is 47.5 Å². The van der Waals surface area contributed by atoms with Crippen molar-refractivity contribution in [2.45, 2.75) is 38.8 Å². The Balaban J connectivity index is 1.49. The highest BCUT2D eigenvalue weighted by molar-refractivity contribution is 5.28. The summed E-state index contributed by atoms with van der Waals surface area (Å²) >= 11 is 0. The van der Waals surface area contributed by atoms with E-state index >= 15 is 0 Å². The zero-order valence-electron chi connectivity index (χ0n) is 15.9. The molecule has 0 amide bonds. The zero-order chi connectivity index (χ0) is 18.2. The summed E-state index contributed by atoms with van der Waals surface area (Å²) in [5.41, 5.74) is 2.54. The fourth-order valence-corrected chi connectivity index (χ4v) is 3.65. The lowest BCUT2D eigenvalue weighted by Gasteiger charge is -2.32. The molecule has 5 nitrogen and oxygen atoms in total. The van der Waals surface area contributed by atoms with Gasteiger partial charge in [-0.05, 0) is 55.8 Å². The number of benzene rings is 1. The van der Waals surface area contributed by atoms with Crippen molar-refractivity contribution < 1.29 is 9.47 Å². The first-order chi connectivity index (χ1) is 12.8. The summed E-state index contributed by atoms with van der Waals surface area (Å²) in [6.45, 7) is 3.72. The number of methoxy groups -OCH3 is 2. The largest absolute Gasteiger partial charge is 0.497 e. The second-order valence-corrected chi connectivity index (χ2v) is 7.07. The first kappa shape index (κ1) is 18.8. The van der Waals surface area contributed by atoms with Gasteiger partial charge in [0, 0.05) is 38.2 Å². The molecule has 0 bridgehead atoms. The van der Waals surface area contributed by atoms with Crippen molar-refractivity contribution in [3.05, 3.63) is 53.6 Å². The van der Waals surface area contributed by atoms with Crippen LogP contribution in [-0.4, -0.2) is 42.2 Å². The average molecular weight is 355 g/mol. The second kappa shape index (κ2) is 9.64. The Bertz CT molecular complexity index is 675. The van der Waals surface area contributed by atoms with Crippen molar-refractivity contribution in [1.29, 1.82) is 0 Å². The van der Waals surface area contributed by atoms with Crippen molar-refractivity contribution >= 4 is 0 Å². The van der Waals surface area contributed by atoms with Crippen LogP contribution < -0.4 is 4.74 Å². The Morgan fingerprint density at radius 2 is 2.00 bits per heavy atom. The summed E-state index contributed by atoms with van der Waals surface area (Å²) in [7, 11) is 3.39. The normalized spacial score (nSPS) is 18.0. The molecule has 1 fully saturated rings. The molecule has 1 aromatic carbocycles. The van der Waals surface area contributed by atoms with Crippen molar-refractivity contribution in [2.24, 2.45) is 5.92 Å². The first-order valence-corrected chi connectivity index (χ1v) is 9.41. The van der Waals surface area contributed by atoms with Gasteiger partial charge < -0.3 is 9.47 Å². The van der Waals surface area contributed by atoms with E-state index in [2.05, 4.69) is 33.1 Å². The van der Waals surface area contributed by atoms with Crippen LogP contribution >= 0.6 is 0 Å². The summed E-state index contributed by atoms with van der Waals surface area (Å²) in [6.07, 6.45) is 8.80. The van der Waals surface area contributed by atoms with Crippen LogP contribution in [0.1, 0.15) is 36.2 Å². The molecule has 1 unspecified atom stereocenters. The fourth-order valence-electron chi connectivity index (χ4n) is 3.65. The molecule has 140 valence electrons. The molecule has 0 N–H and O–H groups in total. The Morgan fingerprint density at radius 3 is 2.77 bits per heavy atom. The third-order valence-corrected chi connectivity index (χ3v) is 5.02. The van der Waals surface area contributed by atoms with Gasteiger partial charge in [0.05, 0.1) is 7.11 Å². The molecule has 5 heteroatoms. The molecule has 26 heavy (non-hydrogen) atoms. The van der Waals surface area contributed by atoms with Crippen LogP contribution in [0.15, 0.2) is 36.7 Å². The molecule has 3 rings (SSSR count). The quantitative estimate of drug-likeness (QED) is 0.725. The van der Waals surface area contributed by atoms with E-state index in [1.807, 2.05) is 18.5 Å². The number of likely N-dealkylation sites (tertiary alicyclic amines) is 1. The second-order valence-electron chi connectivity index (χ2n) is 7.07. The Kier molecular flexibility index (Phi) is 6.97. The van der Waals surface area contributed by atoms with E-state index in [4.69, 9.17) is 9.47 Å². The molecular formula is C21H29N3O2. The highest BCUT2D eigenvalue weighted by Gasteiger charge is 2.20. The highest BCUT2D eigenvalue weighted by Crippen LogP contribution is 2.23.